The van der Waals surface area contributed by atoms with Gasteiger partial charge in [-0.05, 0) is 43.9 Å². The van der Waals surface area contributed by atoms with Crippen LogP contribution >= 0.6 is 42.2 Å². The molecule has 1 heterocycles. The fourth-order valence-electron chi connectivity index (χ4n) is 4.47. The molecule has 0 bridgehead atoms. The maximum atomic E-state index is 12.2. The summed E-state index contributed by atoms with van der Waals surface area (Å²) in [5, 5.41) is 13.0. The number of hydrogen-bond donors (Lipinski definition) is 3. The smallest absolute Gasteiger partial charge is 0.442 e. The highest BCUT2D eigenvalue weighted by molar-refractivity contribution is 7.57. The van der Waals surface area contributed by atoms with Crippen molar-refractivity contribution in [2.45, 2.75) is 71.9 Å². The molecule has 3 rings (SSSR count). The summed E-state index contributed by atoms with van der Waals surface area (Å²) < 4.78 is 27.4. The van der Waals surface area contributed by atoms with Crippen molar-refractivity contribution in [1.29, 1.82) is 0 Å². The van der Waals surface area contributed by atoms with Crippen molar-refractivity contribution in [3.05, 3.63) is 67.9 Å². The summed E-state index contributed by atoms with van der Waals surface area (Å²) in [6.07, 6.45) is 6.03. The fraction of sp³-hybridized carbons (Fsp3) is 0.486. The highest BCUT2D eigenvalue weighted by Gasteiger charge is 2.26. The van der Waals surface area contributed by atoms with Gasteiger partial charge in [0.1, 0.15) is 24.3 Å². The average molecular weight is 806 g/mol. The number of hydrogen-bond acceptors (Lipinski definition) is 9. The number of ether oxygens (including phenoxy) is 2. The van der Waals surface area contributed by atoms with Gasteiger partial charge in [-0.1, -0.05) is 75.0 Å². The lowest BCUT2D eigenvalue weighted by Crippen LogP contribution is -2.43. The average Bonchev–Trinajstić information content (AvgIpc) is 3.46. The van der Waals surface area contributed by atoms with E-state index in [1.807, 2.05) is 46.8 Å². The molecule has 1 aromatic heterocycles. The Morgan fingerprint density at radius 3 is 2.35 bits per heavy atom. The zero-order chi connectivity index (χ0) is 40.0. The van der Waals surface area contributed by atoms with Gasteiger partial charge in [0, 0.05) is 31.4 Å². The number of benzene rings is 2. The number of methoxy groups -OCH3 is 1. The van der Waals surface area contributed by atoms with Crippen LogP contribution in [0.25, 0.3) is 5.69 Å². The van der Waals surface area contributed by atoms with E-state index < -0.39 is 30.6 Å². The van der Waals surface area contributed by atoms with E-state index in [0.29, 0.717) is 23.9 Å². The van der Waals surface area contributed by atoms with Gasteiger partial charge in [-0.3, -0.25) is 14.2 Å². The van der Waals surface area contributed by atoms with Crippen LogP contribution in [0.3, 0.4) is 0 Å². The van der Waals surface area contributed by atoms with Crippen molar-refractivity contribution in [1.82, 2.24) is 9.78 Å². The number of aromatic nitrogens is 2. The zero-order valence-electron chi connectivity index (χ0n) is 30.6. The summed E-state index contributed by atoms with van der Waals surface area (Å²) in [4.78, 5) is 44.8. The summed E-state index contributed by atoms with van der Waals surface area (Å²) in [6.45, 7) is 13.4. The highest BCUT2D eigenvalue weighted by atomic mass is 35.5. The number of halogens is 3. The second-order valence-corrected chi connectivity index (χ2v) is 16.3. The van der Waals surface area contributed by atoms with Crippen molar-refractivity contribution >= 4 is 59.7 Å². The lowest BCUT2D eigenvalue weighted by molar-refractivity contribution is -0.138. The lowest BCUT2D eigenvalue weighted by Gasteiger charge is -2.31. The number of carbonyl (C=O) groups excluding carboxylic acids is 1. The summed E-state index contributed by atoms with van der Waals surface area (Å²) in [5.41, 5.74) is 8.20. The summed E-state index contributed by atoms with van der Waals surface area (Å²) >= 11 is 17.9. The Kier molecular flexibility index (Phi) is 19.2. The van der Waals surface area contributed by atoms with Gasteiger partial charge in [-0.15, -0.1) is 23.1 Å². The SMILES string of the molecule is C#CCOc1cc(-n2nc(C(C)(C)C)oc2=O)c(Cl)cc1Cl.CCc1cccc(C)c1N(C(=O)CCl)C(C)COC.CP(=O)(O)CCC(N)C(=O)O. The van der Waals surface area contributed by atoms with E-state index in [4.69, 9.17) is 70.9 Å². The summed E-state index contributed by atoms with van der Waals surface area (Å²) in [6, 6.07) is 7.97. The number of carboxylic acids is 1. The van der Waals surface area contributed by atoms with Crippen molar-refractivity contribution < 1.29 is 38.0 Å². The van der Waals surface area contributed by atoms with Gasteiger partial charge in [0.15, 0.2) is 7.37 Å². The minimum absolute atomic E-state index is 0.0223. The monoisotopic (exact) mass is 804 g/mol. The van der Waals surface area contributed by atoms with Gasteiger partial charge in [0.05, 0.1) is 34.1 Å². The molecule has 1 amide bonds. The molecule has 17 heteroatoms. The maximum Gasteiger partial charge on any atom is 0.442 e. The number of terminal acetylenes is 1. The molecule has 3 aromatic rings. The van der Waals surface area contributed by atoms with E-state index in [9.17, 15) is 18.9 Å². The van der Waals surface area contributed by atoms with E-state index in [-0.39, 0.29) is 47.1 Å². The standard InChI is InChI=1S/C15H14Cl2N2O3.C15H22ClNO2.C5H12NO4P/c1-5-6-21-12-8-11(9(16)7-10(12)17)19-14(20)22-13(18-19)15(2,3)4;1-5-13-8-6-7-11(2)15(13)17(14(18)9-16)12(3)10-19-4;1-11(9,10)3-2-4(6)5(7)8/h1,7-8H,6H2,2-4H3;6-8,12H,5,9-10H2,1-4H3;4H,2-3,6H2,1H3,(H,7,8)(H,9,10). The van der Waals surface area contributed by atoms with Crippen LogP contribution in [-0.4, -0.2) is 82.8 Å². The fourth-order valence-corrected chi connectivity index (χ4v) is 5.87. The summed E-state index contributed by atoms with van der Waals surface area (Å²) in [7, 11) is -1.47. The molecule has 52 heavy (non-hydrogen) atoms. The quantitative estimate of drug-likeness (QED) is 0.100. The number of carboxylic acid groups (broad SMARTS) is 1. The predicted octanol–water partition coefficient (Wildman–Crippen LogP) is 6.29. The largest absolute Gasteiger partial charge is 0.480 e. The van der Waals surface area contributed by atoms with Gasteiger partial charge < -0.3 is 34.5 Å². The zero-order valence-corrected chi connectivity index (χ0v) is 33.8. The first-order valence-corrected chi connectivity index (χ1v) is 19.6. The third-order valence-electron chi connectivity index (χ3n) is 7.08. The molecule has 0 aliphatic carbocycles. The second-order valence-electron chi connectivity index (χ2n) is 12.7. The van der Waals surface area contributed by atoms with Gasteiger partial charge >= 0.3 is 11.7 Å². The topological polar surface area (TPSA) is 187 Å². The first-order chi connectivity index (χ1) is 24.1. The summed E-state index contributed by atoms with van der Waals surface area (Å²) in [5.74, 6) is 1.06. The van der Waals surface area contributed by atoms with E-state index in [2.05, 4.69) is 24.0 Å². The number of nitrogens with two attached hydrogens (primary N) is 1. The Hall–Kier alpha value is -3.34. The molecule has 0 saturated carbocycles. The van der Waals surface area contributed by atoms with Crippen LogP contribution in [0.15, 0.2) is 39.5 Å². The van der Waals surface area contributed by atoms with Crippen LogP contribution in [0.2, 0.25) is 10.0 Å². The number of aryl methyl sites for hydroxylation is 2. The van der Waals surface area contributed by atoms with Crippen LogP contribution in [0.1, 0.15) is 58.1 Å². The minimum Gasteiger partial charge on any atom is -0.480 e. The highest BCUT2D eigenvalue weighted by Crippen LogP contribution is 2.36. The van der Waals surface area contributed by atoms with E-state index >= 15 is 0 Å². The molecule has 0 spiro atoms. The Labute approximate surface area is 319 Å². The van der Waals surface area contributed by atoms with E-state index in [0.717, 1.165) is 27.9 Å². The van der Waals surface area contributed by atoms with Crippen molar-refractivity contribution in [2.24, 2.45) is 5.73 Å². The second kappa shape index (κ2) is 21.4. The number of amides is 1. The predicted molar refractivity (Wildman–Crippen MR) is 206 cm³/mol. The molecule has 288 valence electrons. The first kappa shape index (κ1) is 46.7. The maximum absolute atomic E-state index is 12.2. The number of anilines is 1. The number of nitrogens with zero attached hydrogens (tertiary/aromatic N) is 3. The Bertz CT molecular complexity index is 1800. The molecule has 3 unspecified atom stereocenters. The van der Waals surface area contributed by atoms with E-state index in [1.165, 1.54) is 18.8 Å². The van der Waals surface area contributed by atoms with Crippen LogP contribution in [0, 0.1) is 19.3 Å². The molecule has 4 N–H and O–H groups in total. The number of rotatable bonds is 13. The molecule has 0 aliphatic rings. The Morgan fingerprint density at radius 1 is 1.23 bits per heavy atom. The van der Waals surface area contributed by atoms with Gasteiger partial charge in [-0.2, -0.15) is 4.68 Å². The molecule has 0 radical (unpaired) electrons. The van der Waals surface area contributed by atoms with Gasteiger partial charge in [0.25, 0.3) is 0 Å². The Morgan fingerprint density at radius 2 is 1.87 bits per heavy atom. The number of aliphatic carboxylic acids is 1. The third-order valence-corrected chi connectivity index (χ3v) is 8.99. The van der Waals surface area contributed by atoms with Crippen LogP contribution in [0.5, 0.6) is 5.75 Å². The molecule has 2 aromatic carbocycles. The molecular weight excluding hydrogens is 758 g/mol. The molecular formula is C35H48Cl3N4O9P. The van der Waals surface area contributed by atoms with Crippen LogP contribution in [-0.2, 0) is 30.7 Å². The number of para-hydroxylation sites is 1. The lowest BCUT2D eigenvalue weighted by atomic mass is 9.97. The molecule has 3 atom stereocenters. The minimum atomic E-state index is -3.10. The van der Waals surface area contributed by atoms with Crippen molar-refractivity contribution in [3.63, 3.8) is 0 Å². The van der Waals surface area contributed by atoms with Crippen molar-refractivity contribution in [3.8, 4) is 23.8 Å². The molecule has 13 nitrogen and oxygen atoms in total. The Balaban J connectivity index is 0.000000412. The van der Waals surface area contributed by atoms with Crippen LogP contribution < -0.4 is 21.1 Å². The number of carbonyl (C=O) groups is 2. The van der Waals surface area contributed by atoms with Crippen molar-refractivity contribution in [2.75, 3.05) is 43.9 Å². The normalized spacial score (nSPS) is 13.2. The van der Waals surface area contributed by atoms with Gasteiger partial charge in [-0.25, -0.2) is 4.79 Å². The van der Waals surface area contributed by atoms with E-state index in [1.54, 1.807) is 12.0 Å². The molecule has 0 saturated heterocycles. The van der Waals surface area contributed by atoms with Crippen LogP contribution in [0.4, 0.5) is 5.69 Å². The van der Waals surface area contributed by atoms with Gasteiger partial charge in [0.2, 0.25) is 11.8 Å². The molecule has 0 fully saturated rings. The first-order valence-electron chi connectivity index (χ1n) is 16.0. The molecule has 0 aliphatic heterocycles. The third kappa shape index (κ3) is 14.6. The number of alkyl halides is 1.